The van der Waals surface area contributed by atoms with Crippen molar-refractivity contribution in [1.29, 1.82) is 0 Å². The van der Waals surface area contributed by atoms with Gasteiger partial charge < -0.3 is 10.1 Å². The molecule has 0 aliphatic heterocycles. The minimum atomic E-state index is -3.75. The van der Waals surface area contributed by atoms with E-state index in [1.807, 2.05) is 43.3 Å². The van der Waals surface area contributed by atoms with Crippen molar-refractivity contribution in [1.82, 2.24) is 14.7 Å². The third kappa shape index (κ3) is 6.51. The van der Waals surface area contributed by atoms with Crippen LogP contribution in [0.5, 0.6) is 5.88 Å². The molecule has 2 atom stereocenters. The number of hydrogen-bond donors (Lipinski definition) is 2. The maximum atomic E-state index is 13.6. The summed E-state index contributed by atoms with van der Waals surface area (Å²) in [4.78, 5) is 23.4. The van der Waals surface area contributed by atoms with Crippen LogP contribution in [0.4, 0.5) is 5.13 Å². The van der Waals surface area contributed by atoms with Gasteiger partial charge in [0.2, 0.25) is 21.8 Å². The number of carbonyl (C=O) groups excluding carboxylic acids is 1. The fourth-order valence-corrected chi connectivity index (χ4v) is 7.48. The van der Waals surface area contributed by atoms with Gasteiger partial charge in [-0.25, -0.2) is 23.1 Å². The van der Waals surface area contributed by atoms with Crippen molar-refractivity contribution in [3.05, 3.63) is 77.9 Å². The quantitative estimate of drug-likeness (QED) is 0.212. The first-order chi connectivity index (χ1) is 19.4. The number of sulfonamides is 1. The molecule has 2 heterocycles. The number of anilines is 1. The smallest absolute Gasteiger partial charge is 0.241 e. The topological polar surface area (TPSA) is 110 Å². The van der Waals surface area contributed by atoms with Gasteiger partial charge in [0.05, 0.1) is 17.9 Å². The molecule has 1 saturated carbocycles. The van der Waals surface area contributed by atoms with E-state index in [0.29, 0.717) is 40.1 Å². The van der Waals surface area contributed by atoms with Crippen molar-refractivity contribution in [2.75, 3.05) is 12.4 Å². The zero-order valence-electron chi connectivity index (χ0n) is 22.7. The lowest BCUT2D eigenvalue weighted by Gasteiger charge is -2.21. The zero-order chi connectivity index (χ0) is 28.1. The normalized spacial score (nSPS) is 15.7. The third-order valence-electron chi connectivity index (χ3n) is 7.53. The molecule has 1 fully saturated rings. The molecule has 4 aromatic rings. The van der Waals surface area contributed by atoms with E-state index in [2.05, 4.69) is 20.0 Å². The number of carbonyl (C=O) groups is 1. The number of ether oxygens (including phenoxy) is 1. The maximum Gasteiger partial charge on any atom is 0.241 e. The molecule has 2 aromatic heterocycles. The monoisotopic (exact) mass is 578 g/mol. The molecule has 1 amide bonds. The van der Waals surface area contributed by atoms with Crippen LogP contribution in [-0.2, 0) is 14.8 Å². The number of amides is 1. The van der Waals surface area contributed by atoms with Crippen LogP contribution in [0.1, 0.15) is 68.5 Å². The number of thiazole rings is 1. The molecule has 2 unspecified atom stereocenters. The van der Waals surface area contributed by atoms with E-state index in [0.717, 1.165) is 24.0 Å². The van der Waals surface area contributed by atoms with Crippen molar-refractivity contribution < 1.29 is 17.9 Å². The SMILES string of the molecule is CCC(NS(=O)(=O)c1ccc(C(CC2CCCC2)C(=O)Nc2nc3ccc(OC)nc3s2)cc1)c1ccccc1. The Morgan fingerprint density at radius 2 is 1.73 bits per heavy atom. The first-order valence-corrected chi connectivity index (χ1v) is 16.0. The lowest BCUT2D eigenvalue weighted by Crippen LogP contribution is -2.28. The number of benzene rings is 2. The first kappa shape index (κ1) is 28.2. The second-order valence-corrected chi connectivity index (χ2v) is 12.9. The number of pyridine rings is 1. The van der Waals surface area contributed by atoms with Gasteiger partial charge in [0.15, 0.2) is 5.13 Å². The van der Waals surface area contributed by atoms with Crippen LogP contribution in [0.15, 0.2) is 71.6 Å². The second-order valence-electron chi connectivity index (χ2n) is 10.2. The maximum absolute atomic E-state index is 13.6. The number of hydrogen-bond acceptors (Lipinski definition) is 7. The van der Waals surface area contributed by atoms with Gasteiger partial charge in [-0.3, -0.25) is 4.79 Å². The minimum Gasteiger partial charge on any atom is -0.481 e. The van der Waals surface area contributed by atoms with Crippen molar-refractivity contribution in [3.63, 3.8) is 0 Å². The Morgan fingerprint density at radius 1 is 1.00 bits per heavy atom. The second kappa shape index (κ2) is 12.4. The highest BCUT2D eigenvalue weighted by atomic mass is 32.2. The van der Waals surface area contributed by atoms with Gasteiger partial charge in [0.1, 0.15) is 10.3 Å². The molecule has 210 valence electrons. The van der Waals surface area contributed by atoms with E-state index in [1.165, 1.54) is 24.2 Å². The van der Waals surface area contributed by atoms with Crippen LogP contribution in [0, 0.1) is 5.92 Å². The molecule has 10 heteroatoms. The molecule has 1 aliphatic rings. The van der Waals surface area contributed by atoms with Crippen LogP contribution in [-0.4, -0.2) is 31.4 Å². The minimum absolute atomic E-state index is 0.151. The number of fused-ring (bicyclic) bond motifs is 1. The average Bonchev–Trinajstić information content (AvgIpc) is 3.64. The highest BCUT2D eigenvalue weighted by molar-refractivity contribution is 7.89. The Labute approximate surface area is 239 Å². The highest BCUT2D eigenvalue weighted by Gasteiger charge is 2.28. The number of rotatable bonds is 11. The largest absolute Gasteiger partial charge is 0.481 e. The van der Waals surface area contributed by atoms with Crippen molar-refractivity contribution in [2.24, 2.45) is 5.92 Å². The fourth-order valence-electron chi connectivity index (χ4n) is 5.34. The standard InChI is InChI=1S/C30H34N4O4S2/c1-3-25(22-11-5-4-6-12-22)34-40(36,37)23-15-13-21(14-16-23)24(19-20-9-7-8-10-20)28(35)33-30-31-26-17-18-27(38-2)32-29(26)39-30/h4-6,11-18,20,24-25,34H,3,7-10,19H2,1-2H3,(H,31,33,35). The summed E-state index contributed by atoms with van der Waals surface area (Å²) in [5, 5.41) is 3.47. The molecule has 0 saturated heterocycles. The molecular formula is C30H34N4O4S2. The van der Waals surface area contributed by atoms with Gasteiger partial charge in [-0.1, -0.05) is 86.4 Å². The molecule has 2 N–H and O–H groups in total. The van der Waals surface area contributed by atoms with Gasteiger partial charge in [0.25, 0.3) is 0 Å². The van der Waals surface area contributed by atoms with Crippen molar-refractivity contribution in [2.45, 2.75) is 62.3 Å². The van der Waals surface area contributed by atoms with E-state index in [-0.39, 0.29) is 16.8 Å². The number of methoxy groups -OCH3 is 1. The van der Waals surface area contributed by atoms with Gasteiger partial charge in [-0.05, 0) is 48.1 Å². The van der Waals surface area contributed by atoms with Gasteiger partial charge in [-0.15, -0.1) is 0 Å². The number of nitrogens with one attached hydrogen (secondary N) is 2. The molecule has 5 rings (SSSR count). The lowest BCUT2D eigenvalue weighted by atomic mass is 9.87. The summed E-state index contributed by atoms with van der Waals surface area (Å²) in [7, 11) is -2.19. The van der Waals surface area contributed by atoms with Crippen LogP contribution in [0.2, 0.25) is 0 Å². The van der Waals surface area contributed by atoms with E-state index < -0.39 is 15.9 Å². The van der Waals surface area contributed by atoms with Crippen molar-refractivity contribution in [3.8, 4) is 5.88 Å². The molecule has 0 spiro atoms. The Bertz CT molecular complexity index is 1550. The van der Waals surface area contributed by atoms with E-state index in [1.54, 1.807) is 37.4 Å². The number of aromatic nitrogens is 2. The van der Waals surface area contributed by atoms with Gasteiger partial charge in [-0.2, -0.15) is 0 Å². The molecule has 0 bridgehead atoms. The Kier molecular flexibility index (Phi) is 8.78. The summed E-state index contributed by atoms with van der Waals surface area (Å²) in [6, 6.07) is 19.5. The van der Waals surface area contributed by atoms with Gasteiger partial charge in [0, 0.05) is 12.1 Å². The molecule has 1 aliphatic carbocycles. The molecule has 40 heavy (non-hydrogen) atoms. The summed E-state index contributed by atoms with van der Waals surface area (Å²) in [5.41, 5.74) is 2.40. The molecular weight excluding hydrogens is 544 g/mol. The average molecular weight is 579 g/mol. The fraction of sp³-hybridized carbons (Fsp3) is 0.367. The summed E-state index contributed by atoms with van der Waals surface area (Å²) in [6.07, 6.45) is 5.88. The summed E-state index contributed by atoms with van der Waals surface area (Å²) in [6.45, 7) is 1.95. The van der Waals surface area contributed by atoms with Gasteiger partial charge >= 0.3 is 0 Å². The van der Waals surface area contributed by atoms with Crippen LogP contribution in [0.3, 0.4) is 0 Å². The Hall–Kier alpha value is -3.34. The van der Waals surface area contributed by atoms with Crippen LogP contribution in [0.25, 0.3) is 10.3 Å². The molecule has 0 radical (unpaired) electrons. The summed E-state index contributed by atoms with van der Waals surface area (Å²) >= 11 is 1.30. The first-order valence-electron chi connectivity index (χ1n) is 13.7. The zero-order valence-corrected chi connectivity index (χ0v) is 24.3. The predicted molar refractivity (Wildman–Crippen MR) is 158 cm³/mol. The summed E-state index contributed by atoms with van der Waals surface area (Å²) < 4.78 is 34.5. The Morgan fingerprint density at radius 3 is 2.40 bits per heavy atom. The molecule has 8 nitrogen and oxygen atoms in total. The molecule has 2 aromatic carbocycles. The van der Waals surface area contributed by atoms with E-state index in [4.69, 9.17) is 4.74 Å². The summed E-state index contributed by atoms with van der Waals surface area (Å²) in [5.74, 6) is 0.377. The van der Waals surface area contributed by atoms with Crippen LogP contribution >= 0.6 is 11.3 Å². The Balaban J connectivity index is 1.36. The van der Waals surface area contributed by atoms with E-state index >= 15 is 0 Å². The van der Waals surface area contributed by atoms with Crippen molar-refractivity contribution >= 4 is 42.7 Å². The van der Waals surface area contributed by atoms with E-state index in [9.17, 15) is 13.2 Å². The third-order valence-corrected chi connectivity index (χ3v) is 9.90. The van der Waals surface area contributed by atoms with Crippen LogP contribution < -0.4 is 14.8 Å². The highest BCUT2D eigenvalue weighted by Crippen LogP contribution is 2.36. The predicted octanol–water partition coefficient (Wildman–Crippen LogP) is 6.43. The number of nitrogens with zero attached hydrogens (tertiary/aromatic N) is 2. The lowest BCUT2D eigenvalue weighted by molar-refractivity contribution is -0.118.